The first-order chi connectivity index (χ1) is 1.91. The molecule has 0 aromatic rings. The van der Waals surface area contributed by atoms with E-state index in [2.05, 4.69) is 0 Å². The van der Waals surface area contributed by atoms with Crippen molar-refractivity contribution in [3.05, 3.63) is 0 Å². The first kappa shape index (κ1) is 8.86. The molecule has 0 amide bonds. The highest BCUT2D eigenvalue weighted by Gasteiger charge is 1.56. The first-order valence-corrected chi connectivity index (χ1v) is 1.22. The molecule has 0 heterocycles. The van der Waals surface area contributed by atoms with E-state index in [1.807, 2.05) is 0 Å². The summed E-state index contributed by atoms with van der Waals surface area (Å²) < 4.78 is 0. The molecule has 0 spiro atoms. The zero-order valence-electron chi connectivity index (χ0n) is 2.94. The van der Waals surface area contributed by atoms with Gasteiger partial charge in [-0.25, -0.2) is 0 Å². The summed E-state index contributed by atoms with van der Waals surface area (Å²) in [5, 5.41) is 7.75. The van der Waals surface area contributed by atoms with Gasteiger partial charge in [0.05, 0.1) is 6.61 Å². The van der Waals surface area contributed by atoms with Crippen LogP contribution < -0.4 is 5.73 Å². The summed E-state index contributed by atoms with van der Waals surface area (Å²) in [6.45, 7) is 0.472. The normalized spacial score (nSPS) is 6.00. The molecule has 0 aromatic heterocycles. The predicted molar refractivity (Wildman–Crippen MR) is 19.8 cm³/mol. The average Bonchev–Trinajstić information content (AvgIpc) is 1.37. The minimum Gasteiger partial charge on any atom is -0.412 e. The van der Waals surface area contributed by atoms with Gasteiger partial charge in [0.2, 0.25) is 0 Å². The fraction of sp³-hybridized carbons (Fsp3) is 1.00. The quantitative estimate of drug-likeness (QED) is 0.385. The van der Waals surface area contributed by atoms with Gasteiger partial charge in [0.25, 0.3) is 0 Å². The van der Waals surface area contributed by atoms with E-state index in [0.717, 1.165) is 0 Å². The minimum absolute atomic E-state index is 0. The van der Waals surface area contributed by atoms with Gasteiger partial charge in [0, 0.05) is 6.54 Å². The van der Waals surface area contributed by atoms with E-state index in [-0.39, 0.29) is 12.1 Å². The largest absolute Gasteiger partial charge is 0.412 e. The zero-order chi connectivity index (χ0) is 3.41. The van der Waals surface area contributed by atoms with Gasteiger partial charge in [0.1, 0.15) is 0 Å². The Bertz CT molecular complexity index is 9.61. The van der Waals surface area contributed by atoms with Crippen LogP contribution in [0.3, 0.4) is 0 Å². The van der Waals surface area contributed by atoms with Crippen molar-refractivity contribution in [2.45, 2.75) is 0 Å². The standard InChI is InChI=1S/C2H7NO.H2O/c3-1-2-4;/h4H,1-3H2;1H2. The number of hydrogen-bond donors (Lipinski definition) is 2. The minimum atomic E-state index is 0. The van der Waals surface area contributed by atoms with E-state index in [9.17, 15) is 0 Å². The lowest BCUT2D eigenvalue weighted by molar-refractivity contribution is 0.306. The molecular formula is C2H9NO2. The van der Waals surface area contributed by atoms with E-state index in [0.29, 0.717) is 6.54 Å². The van der Waals surface area contributed by atoms with Crippen molar-refractivity contribution in [2.24, 2.45) is 5.73 Å². The lowest BCUT2D eigenvalue weighted by Gasteiger charge is -1.71. The first-order valence-electron chi connectivity index (χ1n) is 1.22. The van der Waals surface area contributed by atoms with Crippen LogP contribution in [0.1, 0.15) is 0 Å². The Labute approximate surface area is 30.7 Å². The van der Waals surface area contributed by atoms with Gasteiger partial charge >= 0.3 is 0 Å². The van der Waals surface area contributed by atoms with Crippen LogP contribution in [-0.2, 0) is 0 Å². The molecule has 3 heteroatoms. The summed E-state index contributed by atoms with van der Waals surface area (Å²) >= 11 is 0. The summed E-state index contributed by atoms with van der Waals surface area (Å²) in [7, 11) is 0. The Morgan fingerprint density at radius 2 is 1.80 bits per heavy atom. The van der Waals surface area contributed by atoms with Crippen LogP contribution in [0.4, 0.5) is 0 Å². The van der Waals surface area contributed by atoms with E-state index in [1.165, 1.54) is 0 Å². The van der Waals surface area contributed by atoms with Crippen molar-refractivity contribution < 1.29 is 10.6 Å². The summed E-state index contributed by atoms with van der Waals surface area (Å²) in [6, 6.07) is 0. The van der Waals surface area contributed by atoms with Gasteiger partial charge in [-0.3, -0.25) is 0 Å². The second-order valence-corrected chi connectivity index (χ2v) is 0.512. The monoisotopic (exact) mass is 79.1 g/mol. The van der Waals surface area contributed by atoms with Gasteiger partial charge in [-0.05, 0) is 0 Å². The van der Waals surface area contributed by atoms with Gasteiger partial charge in [-0.15, -0.1) is 0 Å². The third-order valence-electron chi connectivity index (χ3n) is 0.129. The van der Waals surface area contributed by atoms with Crippen LogP contribution in [0.5, 0.6) is 0 Å². The topological polar surface area (TPSA) is 77.8 Å². The molecule has 0 saturated heterocycles. The van der Waals surface area contributed by atoms with Gasteiger partial charge in [-0.2, -0.15) is 0 Å². The Morgan fingerprint density at radius 1 is 1.60 bits per heavy atom. The second-order valence-electron chi connectivity index (χ2n) is 0.512. The third-order valence-corrected chi connectivity index (χ3v) is 0.129. The van der Waals surface area contributed by atoms with Crippen molar-refractivity contribution in [2.75, 3.05) is 13.2 Å². The Kier molecular flexibility index (Phi) is 16.1. The molecule has 0 atom stereocenters. The molecule has 0 aliphatic carbocycles. The molecule has 5 N–H and O–H groups in total. The van der Waals surface area contributed by atoms with Crippen LogP contribution in [-0.4, -0.2) is 23.7 Å². The highest BCUT2D eigenvalue weighted by atomic mass is 16.3. The maximum absolute atomic E-state index is 7.75. The highest BCUT2D eigenvalue weighted by Crippen LogP contribution is 1.33. The molecule has 0 aliphatic rings. The Morgan fingerprint density at radius 3 is 1.80 bits per heavy atom. The van der Waals surface area contributed by atoms with Crippen LogP contribution in [0.2, 0.25) is 0 Å². The molecule has 0 fully saturated rings. The lowest BCUT2D eigenvalue weighted by Crippen LogP contribution is -2.02. The summed E-state index contributed by atoms with van der Waals surface area (Å²) in [5.74, 6) is 0. The van der Waals surface area contributed by atoms with E-state index in [1.54, 1.807) is 0 Å². The fourth-order valence-corrected chi connectivity index (χ4v) is 0. The molecule has 0 aliphatic heterocycles. The van der Waals surface area contributed by atoms with Crippen molar-refractivity contribution in [1.82, 2.24) is 0 Å². The molecule has 0 rings (SSSR count). The number of rotatable bonds is 1. The van der Waals surface area contributed by atoms with Crippen LogP contribution in [0.25, 0.3) is 0 Å². The molecular weight excluding hydrogens is 70.0 g/mol. The number of aliphatic hydroxyl groups is 1. The van der Waals surface area contributed by atoms with E-state index in [4.69, 9.17) is 10.8 Å². The molecule has 0 saturated carbocycles. The second kappa shape index (κ2) is 9.11. The van der Waals surface area contributed by atoms with Gasteiger partial charge in [-0.1, -0.05) is 0 Å². The molecule has 0 unspecified atom stereocenters. The number of nitrogens with two attached hydrogens (primary N) is 1. The molecule has 3 nitrogen and oxygen atoms in total. The molecule has 34 valence electrons. The SMILES string of the molecule is NCCO.O. The zero-order valence-corrected chi connectivity index (χ0v) is 2.94. The predicted octanol–water partition coefficient (Wildman–Crippen LogP) is -1.89. The molecule has 0 bridgehead atoms. The van der Waals surface area contributed by atoms with Crippen LogP contribution in [0.15, 0.2) is 0 Å². The average molecular weight is 79.1 g/mol. The molecule has 5 heavy (non-hydrogen) atoms. The van der Waals surface area contributed by atoms with Crippen molar-refractivity contribution in [3.8, 4) is 0 Å². The fourth-order valence-electron chi connectivity index (χ4n) is 0. The van der Waals surface area contributed by atoms with Crippen molar-refractivity contribution in [1.29, 1.82) is 0 Å². The number of aliphatic hydroxyl groups excluding tert-OH is 1. The Hall–Kier alpha value is -0.120. The van der Waals surface area contributed by atoms with E-state index >= 15 is 0 Å². The van der Waals surface area contributed by atoms with Gasteiger partial charge < -0.3 is 16.3 Å². The summed E-state index contributed by atoms with van der Waals surface area (Å²) in [4.78, 5) is 0. The Balaban J connectivity index is 0. The maximum atomic E-state index is 7.75. The van der Waals surface area contributed by atoms with E-state index < -0.39 is 0 Å². The van der Waals surface area contributed by atoms with Crippen molar-refractivity contribution >= 4 is 0 Å². The van der Waals surface area contributed by atoms with Crippen LogP contribution >= 0.6 is 0 Å². The summed E-state index contributed by atoms with van der Waals surface area (Å²) in [6.07, 6.45) is 0. The number of hydrogen-bond acceptors (Lipinski definition) is 2. The maximum Gasteiger partial charge on any atom is 0.0553 e. The highest BCUT2D eigenvalue weighted by molar-refractivity contribution is 4.17. The van der Waals surface area contributed by atoms with Gasteiger partial charge in [0.15, 0.2) is 0 Å². The smallest absolute Gasteiger partial charge is 0.0553 e. The molecule has 0 radical (unpaired) electrons. The van der Waals surface area contributed by atoms with Crippen LogP contribution in [0, 0.1) is 0 Å². The third kappa shape index (κ3) is 17.7. The lowest BCUT2D eigenvalue weighted by atomic mass is 10.8. The molecule has 0 aromatic carbocycles. The van der Waals surface area contributed by atoms with Crippen molar-refractivity contribution in [3.63, 3.8) is 0 Å². The summed E-state index contributed by atoms with van der Waals surface area (Å²) in [5.41, 5.74) is 4.78.